The Kier molecular flexibility index (Phi) is 6.94. The van der Waals surface area contributed by atoms with Crippen molar-refractivity contribution < 1.29 is 17.9 Å². The number of hydrogen-bond donors (Lipinski definition) is 1. The van der Waals surface area contributed by atoms with Crippen molar-refractivity contribution in [3.63, 3.8) is 0 Å². The third kappa shape index (κ3) is 5.49. The standard InChI is InChI=1S/C18H25N3O4S2/c1-6-9-27(23,24)18-21-20-17(26-18)19-16(22)13(5)25-15-10-12(4)7-8-14(15)11(2)3/h7-8,10-11,13H,6,9H2,1-5H3,(H,19,20,22)/t13-/m1/s1. The number of amides is 1. The highest BCUT2D eigenvalue weighted by molar-refractivity contribution is 7.93. The molecule has 0 fully saturated rings. The smallest absolute Gasteiger partial charge is 0.266 e. The van der Waals surface area contributed by atoms with Crippen molar-refractivity contribution in [3.05, 3.63) is 29.3 Å². The first-order chi connectivity index (χ1) is 12.6. The number of aromatic nitrogens is 2. The van der Waals surface area contributed by atoms with Gasteiger partial charge in [0.15, 0.2) is 6.10 Å². The van der Waals surface area contributed by atoms with Gasteiger partial charge < -0.3 is 4.74 Å². The number of aryl methyl sites for hydroxylation is 1. The van der Waals surface area contributed by atoms with Crippen LogP contribution in [0.25, 0.3) is 0 Å². The Morgan fingerprint density at radius 2 is 1.96 bits per heavy atom. The molecule has 0 spiro atoms. The number of anilines is 1. The average Bonchev–Trinajstić information content (AvgIpc) is 3.04. The lowest BCUT2D eigenvalue weighted by atomic mass is 10.0. The number of nitrogens with one attached hydrogen (secondary N) is 1. The van der Waals surface area contributed by atoms with E-state index >= 15 is 0 Å². The van der Waals surface area contributed by atoms with Crippen LogP contribution in [0.2, 0.25) is 0 Å². The molecule has 0 unspecified atom stereocenters. The summed E-state index contributed by atoms with van der Waals surface area (Å²) < 4.78 is 29.8. The summed E-state index contributed by atoms with van der Waals surface area (Å²) in [5, 5.41) is 10.1. The number of hydrogen-bond acceptors (Lipinski definition) is 7. The molecule has 0 radical (unpaired) electrons. The van der Waals surface area contributed by atoms with Crippen LogP contribution in [0.3, 0.4) is 0 Å². The minimum absolute atomic E-state index is 0.000428. The third-order valence-corrected chi connectivity index (χ3v) is 7.04. The molecule has 0 aliphatic carbocycles. The summed E-state index contributed by atoms with van der Waals surface area (Å²) >= 11 is 0.845. The molecule has 1 heterocycles. The second kappa shape index (κ2) is 8.79. The normalized spacial score (nSPS) is 12.8. The molecule has 1 aromatic carbocycles. The van der Waals surface area contributed by atoms with Gasteiger partial charge in [0.2, 0.25) is 19.3 Å². The van der Waals surface area contributed by atoms with Gasteiger partial charge in [-0.3, -0.25) is 10.1 Å². The molecule has 1 atom stereocenters. The van der Waals surface area contributed by atoms with Crippen molar-refractivity contribution in [2.45, 2.75) is 57.4 Å². The van der Waals surface area contributed by atoms with E-state index in [0.29, 0.717) is 12.2 Å². The second-order valence-corrected chi connectivity index (χ2v) is 9.90. The fraction of sp³-hybridized carbons (Fsp3) is 0.500. The Bertz CT molecular complexity index is 907. The quantitative estimate of drug-likeness (QED) is 0.667. The van der Waals surface area contributed by atoms with Gasteiger partial charge in [-0.05, 0) is 43.4 Å². The molecule has 1 aromatic heterocycles. The van der Waals surface area contributed by atoms with Crippen LogP contribution in [0.1, 0.15) is 51.2 Å². The third-order valence-electron chi connectivity index (χ3n) is 3.84. The maximum absolute atomic E-state index is 12.4. The summed E-state index contributed by atoms with van der Waals surface area (Å²) in [6.45, 7) is 9.49. The lowest BCUT2D eigenvalue weighted by Gasteiger charge is -2.18. The first kappa shape index (κ1) is 21.3. The Morgan fingerprint density at radius 3 is 2.59 bits per heavy atom. The molecule has 0 saturated heterocycles. The van der Waals surface area contributed by atoms with E-state index in [1.807, 2.05) is 25.1 Å². The highest BCUT2D eigenvalue weighted by Gasteiger charge is 2.22. The van der Waals surface area contributed by atoms with Crippen LogP contribution >= 0.6 is 11.3 Å². The Balaban J connectivity index is 2.09. The maximum Gasteiger partial charge on any atom is 0.266 e. The molecule has 27 heavy (non-hydrogen) atoms. The summed E-state index contributed by atoms with van der Waals surface area (Å²) in [6.07, 6.45) is -0.285. The molecule has 0 bridgehead atoms. The molecule has 1 amide bonds. The number of carbonyl (C=O) groups excluding carboxylic acids is 1. The lowest BCUT2D eigenvalue weighted by molar-refractivity contribution is -0.122. The van der Waals surface area contributed by atoms with Crippen molar-refractivity contribution >= 4 is 32.2 Å². The van der Waals surface area contributed by atoms with Crippen molar-refractivity contribution in [1.29, 1.82) is 0 Å². The van der Waals surface area contributed by atoms with Gasteiger partial charge in [-0.2, -0.15) is 0 Å². The number of carbonyl (C=O) groups is 1. The van der Waals surface area contributed by atoms with Crippen molar-refractivity contribution in [2.24, 2.45) is 0 Å². The van der Waals surface area contributed by atoms with Gasteiger partial charge in [0.25, 0.3) is 5.91 Å². The van der Waals surface area contributed by atoms with E-state index in [1.165, 1.54) is 0 Å². The van der Waals surface area contributed by atoms with Crippen LogP contribution in [0.4, 0.5) is 5.13 Å². The molecule has 7 nitrogen and oxygen atoms in total. The monoisotopic (exact) mass is 411 g/mol. The fourth-order valence-electron chi connectivity index (χ4n) is 2.41. The van der Waals surface area contributed by atoms with Gasteiger partial charge in [0, 0.05) is 0 Å². The van der Waals surface area contributed by atoms with E-state index in [1.54, 1.807) is 13.8 Å². The molecule has 0 aliphatic heterocycles. The van der Waals surface area contributed by atoms with Crippen LogP contribution in [-0.4, -0.2) is 36.4 Å². The van der Waals surface area contributed by atoms with E-state index in [0.717, 1.165) is 22.5 Å². The molecular formula is C18H25N3O4S2. The molecule has 2 aromatic rings. The fourth-order valence-corrected chi connectivity index (χ4v) is 4.77. The summed E-state index contributed by atoms with van der Waals surface area (Å²) in [6, 6.07) is 5.90. The van der Waals surface area contributed by atoms with Gasteiger partial charge in [-0.15, -0.1) is 10.2 Å². The van der Waals surface area contributed by atoms with Crippen LogP contribution in [0.15, 0.2) is 22.5 Å². The molecule has 2 rings (SSSR count). The molecule has 1 N–H and O–H groups in total. The van der Waals surface area contributed by atoms with E-state index in [4.69, 9.17) is 4.74 Å². The topological polar surface area (TPSA) is 98.3 Å². The number of ether oxygens (including phenoxy) is 1. The molecule has 0 saturated carbocycles. The van der Waals surface area contributed by atoms with E-state index in [9.17, 15) is 13.2 Å². The van der Waals surface area contributed by atoms with Crippen molar-refractivity contribution in [3.8, 4) is 5.75 Å². The van der Waals surface area contributed by atoms with Crippen molar-refractivity contribution in [1.82, 2.24) is 10.2 Å². The predicted molar refractivity (Wildman–Crippen MR) is 106 cm³/mol. The summed E-state index contributed by atoms with van der Waals surface area (Å²) in [7, 11) is -3.45. The van der Waals surface area contributed by atoms with E-state index in [2.05, 4.69) is 29.4 Å². The summed E-state index contributed by atoms with van der Waals surface area (Å²) in [4.78, 5) is 12.4. The van der Waals surface area contributed by atoms with Crippen LogP contribution in [0, 0.1) is 6.92 Å². The summed E-state index contributed by atoms with van der Waals surface area (Å²) in [5.74, 6) is 0.503. The highest BCUT2D eigenvalue weighted by Crippen LogP contribution is 2.28. The second-order valence-electron chi connectivity index (χ2n) is 6.64. The molecular weight excluding hydrogens is 386 g/mol. The zero-order chi connectivity index (χ0) is 20.2. The first-order valence-electron chi connectivity index (χ1n) is 8.78. The van der Waals surface area contributed by atoms with Gasteiger partial charge in [0.05, 0.1) is 5.75 Å². The predicted octanol–water partition coefficient (Wildman–Crippen LogP) is 3.56. The lowest BCUT2D eigenvalue weighted by Crippen LogP contribution is -2.30. The van der Waals surface area contributed by atoms with Gasteiger partial charge in [-0.1, -0.05) is 44.2 Å². The Labute approximate surface area is 164 Å². The highest BCUT2D eigenvalue weighted by atomic mass is 32.2. The largest absolute Gasteiger partial charge is 0.481 e. The molecule has 0 aliphatic rings. The van der Waals surface area contributed by atoms with Crippen LogP contribution in [0.5, 0.6) is 5.75 Å². The van der Waals surface area contributed by atoms with Gasteiger partial charge in [0.1, 0.15) is 5.75 Å². The minimum atomic E-state index is -3.45. The minimum Gasteiger partial charge on any atom is -0.481 e. The first-order valence-corrected chi connectivity index (χ1v) is 11.2. The zero-order valence-corrected chi connectivity index (χ0v) is 17.8. The number of benzene rings is 1. The van der Waals surface area contributed by atoms with E-state index in [-0.39, 0.29) is 21.1 Å². The average molecular weight is 412 g/mol. The number of nitrogens with zero attached hydrogens (tertiary/aromatic N) is 2. The van der Waals surface area contributed by atoms with Crippen LogP contribution in [-0.2, 0) is 14.6 Å². The SMILES string of the molecule is CCCS(=O)(=O)c1nnc(NC(=O)[C@@H](C)Oc2cc(C)ccc2C(C)C)s1. The molecule has 9 heteroatoms. The zero-order valence-electron chi connectivity index (χ0n) is 16.1. The van der Waals surface area contributed by atoms with E-state index < -0.39 is 21.8 Å². The Hall–Kier alpha value is -2.00. The number of sulfone groups is 1. The van der Waals surface area contributed by atoms with Gasteiger partial charge in [-0.25, -0.2) is 8.42 Å². The van der Waals surface area contributed by atoms with Crippen molar-refractivity contribution in [2.75, 3.05) is 11.1 Å². The number of rotatable bonds is 8. The van der Waals surface area contributed by atoms with Gasteiger partial charge >= 0.3 is 0 Å². The molecule has 148 valence electrons. The summed E-state index contributed by atoms with van der Waals surface area (Å²) in [5.41, 5.74) is 2.06. The Morgan fingerprint density at radius 1 is 1.26 bits per heavy atom. The van der Waals surface area contributed by atoms with Crippen LogP contribution < -0.4 is 10.1 Å². The maximum atomic E-state index is 12.4.